The quantitative estimate of drug-likeness (QED) is 0.896. The third kappa shape index (κ3) is 3.74. The van der Waals surface area contributed by atoms with Gasteiger partial charge in [0.25, 0.3) is 0 Å². The number of hydrogen-bond acceptors (Lipinski definition) is 5. The van der Waals surface area contributed by atoms with Crippen molar-refractivity contribution < 1.29 is 9.47 Å². The first-order valence-electron chi connectivity index (χ1n) is 7.53. The smallest absolute Gasteiger partial charge is 0.244 e. The Hall–Kier alpha value is -1.52. The molecule has 0 saturated heterocycles. The molecule has 2 atom stereocenters. The average molecular weight is 279 g/mol. The minimum atomic E-state index is 0.0270. The molecule has 0 amide bonds. The number of nitrogens with two attached hydrogens (primary N) is 1. The lowest BCUT2D eigenvalue weighted by molar-refractivity contribution is 0.117. The molecule has 1 aromatic rings. The van der Waals surface area contributed by atoms with E-state index in [0.717, 1.165) is 18.8 Å². The second kappa shape index (κ2) is 6.77. The van der Waals surface area contributed by atoms with E-state index in [1.54, 1.807) is 0 Å². The van der Waals surface area contributed by atoms with Crippen LogP contribution in [-0.2, 0) is 0 Å². The van der Waals surface area contributed by atoms with Gasteiger partial charge in [-0.1, -0.05) is 19.8 Å². The molecule has 0 bridgehead atoms. The Morgan fingerprint density at radius 2 is 2.05 bits per heavy atom. The average Bonchev–Trinajstić information content (AvgIpc) is 2.43. The second-order valence-electron chi connectivity index (χ2n) is 5.74. The minimum absolute atomic E-state index is 0.0270. The molecule has 0 radical (unpaired) electrons. The van der Waals surface area contributed by atoms with Gasteiger partial charge >= 0.3 is 0 Å². The first-order chi connectivity index (χ1) is 9.60. The third-order valence-electron chi connectivity index (χ3n) is 3.75. The zero-order valence-electron chi connectivity index (χ0n) is 12.6. The van der Waals surface area contributed by atoms with Gasteiger partial charge in [0.15, 0.2) is 5.69 Å². The number of hydrogen-bond donors (Lipinski definition) is 1. The molecule has 0 aromatic carbocycles. The highest BCUT2D eigenvalue weighted by Gasteiger charge is 2.24. The zero-order chi connectivity index (χ0) is 14.5. The molecule has 112 valence electrons. The molecular weight excluding hydrogens is 254 g/mol. The summed E-state index contributed by atoms with van der Waals surface area (Å²) in [6.45, 7) is 6.12. The van der Waals surface area contributed by atoms with Gasteiger partial charge in [0.2, 0.25) is 11.8 Å². The van der Waals surface area contributed by atoms with Gasteiger partial charge in [0, 0.05) is 0 Å². The Morgan fingerprint density at radius 3 is 2.75 bits per heavy atom. The maximum absolute atomic E-state index is 6.04. The summed E-state index contributed by atoms with van der Waals surface area (Å²) >= 11 is 0. The maximum atomic E-state index is 6.04. The SMILES string of the molecule is CCC1CCCC(Oc2ncnc(OC(C)C)c2N)C1. The predicted molar refractivity (Wildman–Crippen MR) is 78.9 cm³/mol. The topological polar surface area (TPSA) is 70.3 Å². The minimum Gasteiger partial charge on any atom is -0.473 e. The van der Waals surface area contributed by atoms with Crippen molar-refractivity contribution in [2.45, 2.75) is 65.1 Å². The molecule has 1 saturated carbocycles. The molecule has 1 aliphatic carbocycles. The molecule has 1 heterocycles. The fourth-order valence-corrected chi connectivity index (χ4v) is 2.65. The van der Waals surface area contributed by atoms with Crippen LogP contribution in [0.3, 0.4) is 0 Å². The molecule has 1 aromatic heterocycles. The van der Waals surface area contributed by atoms with Gasteiger partial charge in [-0.25, -0.2) is 0 Å². The van der Waals surface area contributed by atoms with Crippen LogP contribution in [-0.4, -0.2) is 22.2 Å². The van der Waals surface area contributed by atoms with Crippen molar-refractivity contribution >= 4 is 5.69 Å². The highest BCUT2D eigenvalue weighted by Crippen LogP contribution is 2.33. The monoisotopic (exact) mass is 279 g/mol. The molecule has 2 N–H and O–H groups in total. The van der Waals surface area contributed by atoms with E-state index in [-0.39, 0.29) is 12.2 Å². The van der Waals surface area contributed by atoms with Crippen LogP contribution in [0.5, 0.6) is 11.8 Å². The maximum Gasteiger partial charge on any atom is 0.244 e. The normalized spacial score (nSPS) is 22.8. The van der Waals surface area contributed by atoms with E-state index in [0.29, 0.717) is 17.4 Å². The fraction of sp³-hybridized carbons (Fsp3) is 0.733. The molecule has 0 spiro atoms. The number of ether oxygens (including phenoxy) is 2. The number of rotatable bonds is 5. The number of anilines is 1. The Labute approximate surface area is 120 Å². The lowest BCUT2D eigenvalue weighted by atomic mass is 9.85. The largest absolute Gasteiger partial charge is 0.473 e. The number of nitrogen functional groups attached to an aromatic ring is 1. The Bertz CT molecular complexity index is 437. The first-order valence-corrected chi connectivity index (χ1v) is 7.53. The lowest BCUT2D eigenvalue weighted by Crippen LogP contribution is -2.26. The Kier molecular flexibility index (Phi) is 5.04. The summed E-state index contributed by atoms with van der Waals surface area (Å²) < 4.78 is 11.5. The van der Waals surface area contributed by atoms with E-state index in [1.807, 2.05) is 13.8 Å². The summed E-state index contributed by atoms with van der Waals surface area (Å²) in [4.78, 5) is 8.22. The lowest BCUT2D eigenvalue weighted by Gasteiger charge is -2.28. The predicted octanol–water partition coefficient (Wildman–Crippen LogP) is 3.19. The van der Waals surface area contributed by atoms with E-state index in [4.69, 9.17) is 15.2 Å². The van der Waals surface area contributed by atoms with Crippen molar-refractivity contribution in [3.8, 4) is 11.8 Å². The molecule has 1 fully saturated rings. The highest BCUT2D eigenvalue weighted by molar-refractivity contribution is 5.55. The molecule has 2 rings (SSSR count). The molecule has 2 unspecified atom stereocenters. The molecule has 5 nitrogen and oxygen atoms in total. The van der Waals surface area contributed by atoms with Crippen LogP contribution in [0.25, 0.3) is 0 Å². The molecular formula is C15H25N3O2. The van der Waals surface area contributed by atoms with E-state index in [1.165, 1.54) is 25.6 Å². The first kappa shape index (κ1) is 14.9. The summed E-state index contributed by atoms with van der Waals surface area (Å²) in [5.41, 5.74) is 6.44. The third-order valence-corrected chi connectivity index (χ3v) is 3.75. The Morgan fingerprint density at radius 1 is 1.30 bits per heavy atom. The van der Waals surface area contributed by atoms with Crippen LogP contribution in [0.1, 0.15) is 52.9 Å². The van der Waals surface area contributed by atoms with Crippen LogP contribution < -0.4 is 15.2 Å². The van der Waals surface area contributed by atoms with Crippen molar-refractivity contribution in [3.63, 3.8) is 0 Å². The van der Waals surface area contributed by atoms with Crippen LogP contribution in [0.15, 0.2) is 6.33 Å². The Balaban J connectivity index is 2.05. The van der Waals surface area contributed by atoms with Crippen molar-refractivity contribution in [1.82, 2.24) is 9.97 Å². The van der Waals surface area contributed by atoms with Crippen molar-refractivity contribution in [2.75, 3.05) is 5.73 Å². The van der Waals surface area contributed by atoms with Gasteiger partial charge in [-0.2, -0.15) is 9.97 Å². The highest BCUT2D eigenvalue weighted by atomic mass is 16.5. The van der Waals surface area contributed by atoms with Crippen molar-refractivity contribution in [3.05, 3.63) is 6.33 Å². The van der Waals surface area contributed by atoms with Gasteiger partial charge in [0.05, 0.1) is 6.10 Å². The summed E-state index contributed by atoms with van der Waals surface area (Å²) in [5, 5.41) is 0. The van der Waals surface area contributed by atoms with Gasteiger partial charge in [-0.05, 0) is 39.0 Å². The van der Waals surface area contributed by atoms with E-state index >= 15 is 0 Å². The second-order valence-corrected chi connectivity index (χ2v) is 5.74. The van der Waals surface area contributed by atoms with E-state index < -0.39 is 0 Å². The van der Waals surface area contributed by atoms with E-state index in [9.17, 15) is 0 Å². The summed E-state index contributed by atoms with van der Waals surface area (Å²) in [6.07, 6.45) is 7.56. The number of aromatic nitrogens is 2. The van der Waals surface area contributed by atoms with Gasteiger partial charge in [-0.3, -0.25) is 0 Å². The summed E-state index contributed by atoms with van der Waals surface area (Å²) in [7, 11) is 0. The molecule has 0 aliphatic heterocycles. The standard InChI is InChI=1S/C15H25N3O2/c1-4-11-6-5-7-12(8-11)20-15-13(16)14(17-9-18-15)19-10(2)3/h9-12H,4-8,16H2,1-3H3. The van der Waals surface area contributed by atoms with Crippen molar-refractivity contribution in [1.29, 1.82) is 0 Å². The van der Waals surface area contributed by atoms with Crippen LogP contribution >= 0.6 is 0 Å². The molecule has 1 aliphatic rings. The van der Waals surface area contributed by atoms with Crippen LogP contribution in [0.2, 0.25) is 0 Å². The van der Waals surface area contributed by atoms with Gasteiger partial charge in [0.1, 0.15) is 12.4 Å². The van der Waals surface area contributed by atoms with Crippen LogP contribution in [0, 0.1) is 5.92 Å². The fourth-order valence-electron chi connectivity index (χ4n) is 2.65. The number of nitrogens with zero attached hydrogens (tertiary/aromatic N) is 2. The molecule has 5 heteroatoms. The van der Waals surface area contributed by atoms with Crippen LogP contribution in [0.4, 0.5) is 5.69 Å². The van der Waals surface area contributed by atoms with E-state index in [2.05, 4.69) is 16.9 Å². The zero-order valence-corrected chi connectivity index (χ0v) is 12.6. The summed E-state index contributed by atoms with van der Waals surface area (Å²) in [6, 6.07) is 0. The summed E-state index contributed by atoms with van der Waals surface area (Å²) in [5.74, 6) is 1.62. The van der Waals surface area contributed by atoms with Crippen molar-refractivity contribution in [2.24, 2.45) is 5.92 Å². The van der Waals surface area contributed by atoms with Gasteiger partial charge < -0.3 is 15.2 Å². The van der Waals surface area contributed by atoms with Gasteiger partial charge in [-0.15, -0.1) is 0 Å². The molecule has 20 heavy (non-hydrogen) atoms.